The summed E-state index contributed by atoms with van der Waals surface area (Å²) in [6, 6.07) is 9.53. The molecule has 28 heavy (non-hydrogen) atoms. The van der Waals surface area contributed by atoms with Gasteiger partial charge in [0, 0.05) is 22.6 Å². The minimum Gasteiger partial charge on any atom is -0.343 e. The van der Waals surface area contributed by atoms with Gasteiger partial charge < -0.3 is 4.57 Å². The number of hydrogen-bond donors (Lipinski definition) is 1. The van der Waals surface area contributed by atoms with E-state index in [1.807, 2.05) is 0 Å². The molecule has 0 saturated heterocycles. The number of nitrogens with one attached hydrogen (secondary N) is 1. The minimum absolute atomic E-state index is 0.0638. The third-order valence-corrected chi connectivity index (χ3v) is 5.05. The topological polar surface area (TPSA) is 63.5 Å². The summed E-state index contributed by atoms with van der Waals surface area (Å²) in [6.07, 6.45) is 4.77. The Hall–Kier alpha value is -2.70. The minimum atomic E-state index is -0.702. The normalized spacial score (nSPS) is 14.0. The highest BCUT2D eigenvalue weighted by Crippen LogP contribution is 2.37. The summed E-state index contributed by atoms with van der Waals surface area (Å²) in [5, 5.41) is 4.52. The van der Waals surface area contributed by atoms with E-state index in [1.54, 1.807) is 28.8 Å². The summed E-state index contributed by atoms with van der Waals surface area (Å²) in [5.41, 5.74) is 2.92. The lowest BCUT2D eigenvalue weighted by Gasteiger charge is -2.12. The van der Waals surface area contributed by atoms with Gasteiger partial charge in [0.15, 0.2) is 0 Å². The first-order valence-electron chi connectivity index (χ1n) is 8.57. The van der Waals surface area contributed by atoms with Gasteiger partial charge in [-0.05, 0) is 42.7 Å². The van der Waals surface area contributed by atoms with Gasteiger partial charge >= 0.3 is 0 Å². The molecule has 3 aromatic rings. The van der Waals surface area contributed by atoms with Crippen molar-refractivity contribution >= 4 is 46.2 Å². The molecule has 142 valence electrons. The zero-order valence-electron chi connectivity index (χ0n) is 14.5. The zero-order chi connectivity index (χ0) is 19.8. The van der Waals surface area contributed by atoms with Crippen molar-refractivity contribution in [3.05, 3.63) is 79.8 Å². The maximum Gasteiger partial charge on any atom is 0.276 e. The van der Waals surface area contributed by atoms with Crippen LogP contribution in [0.2, 0.25) is 10.0 Å². The van der Waals surface area contributed by atoms with Crippen molar-refractivity contribution in [2.45, 2.75) is 18.9 Å². The average Bonchev–Trinajstić information content (AvgIpc) is 3.50. The number of carbonyl (C=O) groups excluding carboxylic acids is 1. The Morgan fingerprint density at radius 1 is 1.21 bits per heavy atom. The van der Waals surface area contributed by atoms with Crippen LogP contribution in [0.4, 0.5) is 4.39 Å². The molecule has 0 unspecified atom stereocenters. The van der Waals surface area contributed by atoms with Gasteiger partial charge in [0.2, 0.25) is 5.43 Å². The number of hydrogen-bond acceptors (Lipinski definition) is 3. The lowest BCUT2D eigenvalue weighted by molar-refractivity contribution is 0.0953. The van der Waals surface area contributed by atoms with Gasteiger partial charge in [0.05, 0.1) is 16.8 Å². The van der Waals surface area contributed by atoms with E-state index in [0.717, 1.165) is 24.5 Å². The molecule has 1 aromatic heterocycles. The van der Waals surface area contributed by atoms with Crippen LogP contribution < -0.4 is 10.9 Å². The molecule has 1 aliphatic carbocycles. The lowest BCUT2D eigenvalue weighted by atomic mass is 10.1. The molecule has 1 fully saturated rings. The number of pyridine rings is 1. The molecule has 1 amide bonds. The predicted octanol–water partition coefficient (Wildman–Crippen LogP) is 4.55. The summed E-state index contributed by atoms with van der Waals surface area (Å²) in [4.78, 5) is 25.3. The smallest absolute Gasteiger partial charge is 0.276 e. The summed E-state index contributed by atoms with van der Waals surface area (Å²) >= 11 is 11.7. The second-order valence-corrected chi connectivity index (χ2v) is 7.39. The second-order valence-electron chi connectivity index (χ2n) is 6.54. The van der Waals surface area contributed by atoms with Gasteiger partial charge in [0.25, 0.3) is 5.91 Å². The zero-order valence-corrected chi connectivity index (χ0v) is 16.0. The van der Waals surface area contributed by atoms with Crippen LogP contribution in [-0.2, 0) is 0 Å². The van der Waals surface area contributed by atoms with Gasteiger partial charge in [-0.1, -0.05) is 35.3 Å². The molecule has 0 aliphatic heterocycles. The Bertz CT molecular complexity index is 1170. The van der Waals surface area contributed by atoms with Crippen LogP contribution in [0, 0.1) is 5.82 Å². The Kier molecular flexibility index (Phi) is 4.91. The molecule has 5 nitrogen and oxygen atoms in total. The first-order chi connectivity index (χ1) is 13.4. The maximum atomic E-state index is 13.9. The maximum absolute atomic E-state index is 13.9. The first-order valence-corrected chi connectivity index (χ1v) is 9.32. The van der Waals surface area contributed by atoms with Crippen molar-refractivity contribution < 1.29 is 9.18 Å². The van der Waals surface area contributed by atoms with Crippen molar-refractivity contribution in [3.8, 4) is 0 Å². The number of fused-ring (bicyclic) bond motifs is 1. The number of rotatable bonds is 4. The van der Waals surface area contributed by atoms with Gasteiger partial charge in [0.1, 0.15) is 11.4 Å². The molecular weight excluding hydrogens is 404 g/mol. The molecule has 0 atom stereocenters. The molecule has 8 heteroatoms. The third-order valence-electron chi connectivity index (χ3n) is 4.51. The van der Waals surface area contributed by atoms with Crippen molar-refractivity contribution in [2.24, 2.45) is 5.10 Å². The highest BCUT2D eigenvalue weighted by atomic mass is 35.5. The molecule has 0 spiro atoms. The van der Waals surface area contributed by atoms with Crippen LogP contribution in [0.15, 0.2) is 52.5 Å². The second kappa shape index (κ2) is 7.37. The summed E-state index contributed by atoms with van der Waals surface area (Å²) in [6.45, 7) is 0. The van der Waals surface area contributed by atoms with Gasteiger partial charge in [-0.25, -0.2) is 9.82 Å². The molecule has 1 aliphatic rings. The SMILES string of the molecule is O=C(N/N=C\c1ccc(Cl)cc1)c1cn(C2CC2)c2cc(Cl)c(F)cc2c1=O. The van der Waals surface area contributed by atoms with Crippen molar-refractivity contribution in [1.29, 1.82) is 0 Å². The number of amides is 1. The number of carbonyl (C=O) groups is 1. The van der Waals surface area contributed by atoms with E-state index in [4.69, 9.17) is 23.2 Å². The van der Waals surface area contributed by atoms with Crippen LogP contribution in [0.1, 0.15) is 34.8 Å². The molecule has 4 rings (SSSR count). The fraction of sp³-hybridized carbons (Fsp3) is 0.150. The predicted molar refractivity (Wildman–Crippen MR) is 108 cm³/mol. The quantitative estimate of drug-likeness (QED) is 0.499. The summed E-state index contributed by atoms with van der Waals surface area (Å²) < 4.78 is 15.7. The van der Waals surface area contributed by atoms with Gasteiger partial charge in [-0.15, -0.1) is 0 Å². The molecule has 0 radical (unpaired) electrons. The van der Waals surface area contributed by atoms with Crippen LogP contribution >= 0.6 is 23.2 Å². The Morgan fingerprint density at radius 3 is 2.61 bits per heavy atom. The highest BCUT2D eigenvalue weighted by Gasteiger charge is 2.27. The van der Waals surface area contributed by atoms with E-state index in [-0.39, 0.29) is 22.0 Å². The van der Waals surface area contributed by atoms with E-state index in [2.05, 4.69) is 10.5 Å². The van der Waals surface area contributed by atoms with Crippen LogP contribution in [0.3, 0.4) is 0 Å². The Morgan fingerprint density at radius 2 is 1.93 bits per heavy atom. The third kappa shape index (κ3) is 3.66. The van der Waals surface area contributed by atoms with E-state index >= 15 is 0 Å². The fourth-order valence-corrected chi connectivity index (χ4v) is 3.22. The van der Waals surface area contributed by atoms with E-state index < -0.39 is 17.2 Å². The number of benzene rings is 2. The molecule has 1 saturated carbocycles. The Balaban J connectivity index is 1.68. The molecule has 1 N–H and O–H groups in total. The summed E-state index contributed by atoms with van der Waals surface area (Å²) in [5.74, 6) is -1.37. The van der Waals surface area contributed by atoms with E-state index in [0.29, 0.717) is 10.5 Å². The monoisotopic (exact) mass is 417 g/mol. The van der Waals surface area contributed by atoms with E-state index in [9.17, 15) is 14.0 Å². The summed E-state index contributed by atoms with van der Waals surface area (Å²) in [7, 11) is 0. The molecular formula is C20H14Cl2FN3O2. The standard InChI is InChI=1S/C20H14Cl2FN3O2/c21-12-3-1-11(2-4-12)9-24-25-20(28)15-10-26(13-5-6-13)18-8-16(22)17(23)7-14(18)19(15)27/h1-4,7-10,13H,5-6H2,(H,25,28)/b24-9-. The molecule has 2 aromatic carbocycles. The fourth-order valence-electron chi connectivity index (χ4n) is 2.94. The van der Waals surface area contributed by atoms with Crippen LogP contribution in [0.5, 0.6) is 0 Å². The molecule has 0 bridgehead atoms. The first kappa shape index (κ1) is 18.7. The molecule has 1 heterocycles. The average molecular weight is 418 g/mol. The Labute approximate surface area is 169 Å². The number of nitrogens with zero attached hydrogens (tertiary/aromatic N) is 2. The van der Waals surface area contributed by atoms with Gasteiger partial charge in [-0.2, -0.15) is 5.10 Å². The highest BCUT2D eigenvalue weighted by molar-refractivity contribution is 6.31. The van der Waals surface area contributed by atoms with Crippen molar-refractivity contribution in [2.75, 3.05) is 0 Å². The largest absolute Gasteiger partial charge is 0.343 e. The number of aromatic nitrogens is 1. The van der Waals surface area contributed by atoms with Crippen molar-refractivity contribution in [3.63, 3.8) is 0 Å². The lowest BCUT2D eigenvalue weighted by Crippen LogP contribution is -2.27. The van der Waals surface area contributed by atoms with Crippen molar-refractivity contribution in [1.82, 2.24) is 9.99 Å². The van der Waals surface area contributed by atoms with Crippen LogP contribution in [0.25, 0.3) is 10.9 Å². The number of halogens is 3. The number of hydrazone groups is 1. The van der Waals surface area contributed by atoms with Gasteiger partial charge in [-0.3, -0.25) is 9.59 Å². The van der Waals surface area contributed by atoms with E-state index in [1.165, 1.54) is 18.5 Å². The van der Waals surface area contributed by atoms with Crippen LogP contribution in [-0.4, -0.2) is 16.7 Å².